The summed E-state index contributed by atoms with van der Waals surface area (Å²) < 4.78 is 19.4. The summed E-state index contributed by atoms with van der Waals surface area (Å²) in [4.78, 5) is 27.7. The minimum Gasteiger partial charge on any atom is -0.383 e. The molecule has 144 valence electrons. The highest BCUT2D eigenvalue weighted by molar-refractivity contribution is 5.86. The molecule has 3 atom stereocenters. The number of ketones is 2. The van der Waals surface area contributed by atoms with Crippen molar-refractivity contribution in [2.24, 2.45) is 11.8 Å². The number of Topliss-reactive ketones (excluding diaryl/α,β-unsaturated/α-hetero) is 2. The van der Waals surface area contributed by atoms with Crippen molar-refractivity contribution in [2.45, 2.75) is 39.5 Å². The number of rotatable bonds is 8. The maximum atomic E-state index is 14.2. The summed E-state index contributed by atoms with van der Waals surface area (Å²) in [5.74, 6) is -0.873. The summed E-state index contributed by atoms with van der Waals surface area (Å²) >= 11 is 0. The molecule has 0 amide bonds. The lowest BCUT2D eigenvalue weighted by Gasteiger charge is -2.43. The molecule has 0 N–H and O–H groups in total. The first-order chi connectivity index (χ1) is 12.4. The van der Waals surface area contributed by atoms with Crippen LogP contribution in [0.5, 0.6) is 0 Å². The Morgan fingerprint density at radius 3 is 2.23 bits per heavy atom. The molecule has 1 aromatic carbocycles. The van der Waals surface area contributed by atoms with Gasteiger partial charge in [0.15, 0.2) is 0 Å². The Labute approximate surface area is 155 Å². The molecule has 1 heterocycles. The highest BCUT2D eigenvalue weighted by atomic mass is 19.1. The number of hydrogen-bond acceptors (Lipinski definition) is 4. The Kier molecular flexibility index (Phi) is 7.47. The predicted molar refractivity (Wildman–Crippen MR) is 99.8 cm³/mol. The van der Waals surface area contributed by atoms with Gasteiger partial charge in [-0.1, -0.05) is 26.0 Å². The number of ether oxygens (including phenoxy) is 1. The standard InChI is InChI=1S/C21H30FNO3/c1-5-19(24)16-12-23(10-11-26-4)13-17(20(25)6-2)21(16)15-8-7-9-18(22)14(15)3/h7-9,16-17,21H,5-6,10-13H2,1-4H3/t16-,17+,21?. The first kappa shape index (κ1) is 20.7. The highest BCUT2D eigenvalue weighted by Crippen LogP contribution is 2.41. The van der Waals surface area contributed by atoms with Crippen LogP contribution in [0.3, 0.4) is 0 Å². The van der Waals surface area contributed by atoms with Gasteiger partial charge < -0.3 is 4.74 Å². The van der Waals surface area contributed by atoms with Crippen LogP contribution in [0.4, 0.5) is 4.39 Å². The zero-order chi connectivity index (χ0) is 19.3. The van der Waals surface area contributed by atoms with Crippen molar-refractivity contribution in [1.82, 2.24) is 4.90 Å². The van der Waals surface area contributed by atoms with Crippen molar-refractivity contribution in [3.8, 4) is 0 Å². The maximum absolute atomic E-state index is 14.2. The zero-order valence-corrected chi connectivity index (χ0v) is 16.3. The van der Waals surface area contributed by atoms with Crippen LogP contribution in [-0.4, -0.2) is 49.8 Å². The number of carbonyl (C=O) groups excluding carboxylic acids is 2. The van der Waals surface area contributed by atoms with Gasteiger partial charge in [-0.3, -0.25) is 14.5 Å². The van der Waals surface area contributed by atoms with Gasteiger partial charge in [0.05, 0.1) is 6.61 Å². The van der Waals surface area contributed by atoms with E-state index >= 15 is 0 Å². The molecule has 2 rings (SSSR count). The van der Waals surface area contributed by atoms with Crippen LogP contribution in [-0.2, 0) is 14.3 Å². The van der Waals surface area contributed by atoms with E-state index < -0.39 is 0 Å². The van der Waals surface area contributed by atoms with E-state index in [1.807, 2.05) is 19.9 Å². The molecule has 1 saturated heterocycles. The molecule has 0 saturated carbocycles. The van der Waals surface area contributed by atoms with Crippen LogP contribution in [0.15, 0.2) is 18.2 Å². The number of benzene rings is 1. The van der Waals surface area contributed by atoms with Gasteiger partial charge in [-0.15, -0.1) is 0 Å². The SMILES string of the molecule is CCC(=O)[C@H]1CN(CCOC)C[C@@H](C(=O)CC)C1c1cccc(F)c1C. The van der Waals surface area contributed by atoms with E-state index in [1.165, 1.54) is 6.07 Å². The molecule has 0 spiro atoms. The number of methoxy groups -OCH3 is 1. The molecule has 1 aliphatic rings. The lowest BCUT2D eigenvalue weighted by molar-refractivity contribution is -0.131. The molecule has 1 fully saturated rings. The fourth-order valence-electron chi connectivity index (χ4n) is 4.09. The van der Waals surface area contributed by atoms with Crippen LogP contribution in [0.25, 0.3) is 0 Å². The molecule has 0 aliphatic carbocycles. The maximum Gasteiger partial charge on any atom is 0.137 e. The first-order valence-corrected chi connectivity index (χ1v) is 9.46. The number of carbonyl (C=O) groups is 2. The normalized spacial score (nSPS) is 23.8. The third-order valence-corrected chi connectivity index (χ3v) is 5.58. The minimum absolute atomic E-state index is 0.134. The van der Waals surface area contributed by atoms with Crippen LogP contribution in [0.1, 0.15) is 43.7 Å². The van der Waals surface area contributed by atoms with Gasteiger partial charge in [0.25, 0.3) is 0 Å². The van der Waals surface area contributed by atoms with E-state index in [2.05, 4.69) is 4.90 Å². The quantitative estimate of drug-likeness (QED) is 0.710. The molecule has 5 heteroatoms. The number of nitrogens with zero attached hydrogens (tertiary/aromatic N) is 1. The lowest BCUT2D eigenvalue weighted by atomic mass is 9.68. The van der Waals surface area contributed by atoms with Gasteiger partial charge in [0.2, 0.25) is 0 Å². The van der Waals surface area contributed by atoms with Gasteiger partial charge in [0, 0.05) is 57.3 Å². The van der Waals surface area contributed by atoms with Crippen molar-refractivity contribution in [1.29, 1.82) is 0 Å². The topological polar surface area (TPSA) is 46.6 Å². The number of piperidine rings is 1. The van der Waals surface area contributed by atoms with Crippen molar-refractivity contribution >= 4 is 11.6 Å². The van der Waals surface area contributed by atoms with Gasteiger partial charge >= 0.3 is 0 Å². The van der Waals surface area contributed by atoms with Gasteiger partial charge in [-0.05, 0) is 24.1 Å². The Morgan fingerprint density at radius 1 is 1.15 bits per heavy atom. The van der Waals surface area contributed by atoms with Gasteiger partial charge in [0.1, 0.15) is 17.4 Å². The number of likely N-dealkylation sites (tertiary alicyclic amines) is 1. The summed E-state index contributed by atoms with van der Waals surface area (Å²) in [6, 6.07) is 4.98. The van der Waals surface area contributed by atoms with E-state index in [4.69, 9.17) is 4.74 Å². The zero-order valence-electron chi connectivity index (χ0n) is 16.3. The summed E-state index contributed by atoms with van der Waals surface area (Å²) in [6.45, 7) is 7.86. The van der Waals surface area contributed by atoms with Crippen LogP contribution in [0.2, 0.25) is 0 Å². The van der Waals surface area contributed by atoms with E-state index in [1.54, 1.807) is 20.1 Å². The molecule has 1 unspecified atom stereocenters. The highest BCUT2D eigenvalue weighted by Gasteiger charge is 2.43. The van der Waals surface area contributed by atoms with Crippen LogP contribution in [0, 0.1) is 24.6 Å². The second kappa shape index (κ2) is 9.38. The average molecular weight is 363 g/mol. The van der Waals surface area contributed by atoms with Gasteiger partial charge in [-0.2, -0.15) is 0 Å². The van der Waals surface area contributed by atoms with E-state index in [-0.39, 0.29) is 35.1 Å². The molecule has 0 bridgehead atoms. The summed E-state index contributed by atoms with van der Waals surface area (Å²) in [5.41, 5.74) is 1.35. The Hall–Kier alpha value is -1.59. The molecular weight excluding hydrogens is 333 g/mol. The van der Waals surface area contributed by atoms with Crippen molar-refractivity contribution in [3.05, 3.63) is 35.1 Å². The molecule has 4 nitrogen and oxygen atoms in total. The molecule has 26 heavy (non-hydrogen) atoms. The average Bonchev–Trinajstić information content (AvgIpc) is 2.66. The second-order valence-corrected chi connectivity index (χ2v) is 7.08. The predicted octanol–water partition coefficient (Wildman–Crippen LogP) is 3.37. The van der Waals surface area contributed by atoms with E-state index in [0.717, 1.165) is 5.56 Å². The van der Waals surface area contributed by atoms with Crippen LogP contribution < -0.4 is 0 Å². The number of halogens is 1. The molecule has 1 aliphatic heterocycles. The molecule has 0 aromatic heterocycles. The Balaban J connectivity index is 2.48. The minimum atomic E-state index is -0.299. The van der Waals surface area contributed by atoms with E-state index in [0.29, 0.717) is 44.6 Å². The monoisotopic (exact) mass is 363 g/mol. The fraction of sp³-hybridized carbons (Fsp3) is 0.619. The van der Waals surface area contributed by atoms with Crippen molar-refractivity contribution in [3.63, 3.8) is 0 Å². The molecular formula is C21H30FNO3. The van der Waals surface area contributed by atoms with Crippen molar-refractivity contribution in [2.75, 3.05) is 33.4 Å². The molecule has 1 aromatic rings. The summed E-state index contributed by atoms with van der Waals surface area (Å²) in [7, 11) is 1.65. The Bertz CT molecular complexity index is 620. The fourth-order valence-corrected chi connectivity index (χ4v) is 4.09. The van der Waals surface area contributed by atoms with Crippen LogP contribution >= 0.6 is 0 Å². The second-order valence-electron chi connectivity index (χ2n) is 7.08. The third-order valence-electron chi connectivity index (χ3n) is 5.58. The van der Waals surface area contributed by atoms with Crippen molar-refractivity contribution < 1.29 is 18.7 Å². The number of hydrogen-bond donors (Lipinski definition) is 0. The van der Waals surface area contributed by atoms with E-state index in [9.17, 15) is 14.0 Å². The largest absolute Gasteiger partial charge is 0.383 e. The molecule has 0 radical (unpaired) electrons. The lowest BCUT2D eigenvalue weighted by Crippen LogP contribution is -2.51. The third kappa shape index (κ3) is 4.38. The smallest absolute Gasteiger partial charge is 0.137 e. The summed E-state index contributed by atoms with van der Waals surface area (Å²) in [6.07, 6.45) is 0.835. The summed E-state index contributed by atoms with van der Waals surface area (Å²) in [5, 5.41) is 0. The first-order valence-electron chi connectivity index (χ1n) is 9.46. The van der Waals surface area contributed by atoms with Gasteiger partial charge in [-0.25, -0.2) is 4.39 Å². The Morgan fingerprint density at radius 2 is 1.73 bits per heavy atom.